The largest absolute Gasteiger partial charge is 0.369 e. The second kappa shape index (κ2) is 5.88. The van der Waals surface area contributed by atoms with Gasteiger partial charge in [-0.3, -0.25) is 4.90 Å². The van der Waals surface area contributed by atoms with Crippen LogP contribution in [0.1, 0.15) is 5.82 Å². The van der Waals surface area contributed by atoms with E-state index in [0.717, 1.165) is 43.0 Å². The highest BCUT2D eigenvalue weighted by Crippen LogP contribution is 2.21. The smallest absolute Gasteiger partial charge is 0.164 e. The van der Waals surface area contributed by atoms with Crippen LogP contribution in [0.5, 0.6) is 0 Å². The lowest BCUT2D eigenvalue weighted by molar-refractivity contribution is 0.240. The molecule has 1 aliphatic heterocycles. The molecule has 0 aliphatic carbocycles. The first kappa shape index (κ1) is 13.5. The average molecular weight is 337 g/mol. The molecule has 106 valence electrons. The van der Waals surface area contributed by atoms with Gasteiger partial charge in [0, 0.05) is 43.4 Å². The van der Waals surface area contributed by atoms with Gasteiger partial charge in [0.15, 0.2) is 5.82 Å². The van der Waals surface area contributed by atoms with Crippen molar-refractivity contribution >= 4 is 21.6 Å². The molecule has 1 aromatic heterocycles. The van der Waals surface area contributed by atoms with E-state index in [1.165, 1.54) is 5.69 Å². The van der Waals surface area contributed by atoms with Gasteiger partial charge in [-0.1, -0.05) is 22.0 Å². The maximum absolute atomic E-state index is 4.04. The van der Waals surface area contributed by atoms with Crippen molar-refractivity contribution in [2.45, 2.75) is 6.54 Å². The van der Waals surface area contributed by atoms with E-state index in [9.17, 15) is 0 Å². The van der Waals surface area contributed by atoms with E-state index in [0.29, 0.717) is 0 Å². The molecule has 0 N–H and O–H groups in total. The van der Waals surface area contributed by atoms with Crippen LogP contribution in [0.4, 0.5) is 5.69 Å². The molecule has 3 rings (SSSR count). The van der Waals surface area contributed by atoms with Crippen LogP contribution in [-0.2, 0) is 13.6 Å². The van der Waals surface area contributed by atoms with Gasteiger partial charge in [-0.25, -0.2) is 4.68 Å². The molecule has 2 heterocycles. The summed E-state index contributed by atoms with van der Waals surface area (Å²) in [5, 5.41) is 11.6. The number of hydrogen-bond donors (Lipinski definition) is 0. The Morgan fingerprint density at radius 1 is 1.20 bits per heavy atom. The van der Waals surface area contributed by atoms with Crippen LogP contribution in [0.15, 0.2) is 28.7 Å². The summed E-state index contributed by atoms with van der Waals surface area (Å²) in [5.41, 5.74) is 1.28. The molecule has 1 fully saturated rings. The number of halogens is 1. The van der Waals surface area contributed by atoms with E-state index in [-0.39, 0.29) is 0 Å². The number of tetrazole rings is 1. The first-order valence-electron chi connectivity index (χ1n) is 6.66. The summed E-state index contributed by atoms with van der Waals surface area (Å²) in [6.07, 6.45) is 0. The third-order valence-electron chi connectivity index (χ3n) is 3.62. The summed E-state index contributed by atoms with van der Waals surface area (Å²) >= 11 is 3.53. The Morgan fingerprint density at radius 3 is 2.65 bits per heavy atom. The Kier molecular flexibility index (Phi) is 3.98. The lowest BCUT2D eigenvalue weighted by atomic mass is 10.2. The van der Waals surface area contributed by atoms with Gasteiger partial charge in [0.1, 0.15) is 0 Å². The number of rotatable bonds is 3. The fourth-order valence-electron chi connectivity index (χ4n) is 2.42. The third kappa shape index (κ3) is 2.99. The molecule has 0 bridgehead atoms. The SMILES string of the molecule is Cn1nnnc1CN1CCN(c2cccc(Br)c2)CC1. The topological polar surface area (TPSA) is 50.1 Å². The highest BCUT2D eigenvalue weighted by molar-refractivity contribution is 9.10. The Hall–Kier alpha value is -1.47. The standard InChI is InChI=1S/C13H17BrN6/c1-18-13(15-16-17-18)10-19-5-7-20(8-6-19)12-4-2-3-11(14)9-12/h2-4,9H,5-8,10H2,1H3. The molecule has 1 saturated heterocycles. The molecule has 6 nitrogen and oxygen atoms in total. The zero-order valence-corrected chi connectivity index (χ0v) is 13.0. The average Bonchev–Trinajstić information content (AvgIpc) is 2.85. The maximum atomic E-state index is 4.04. The van der Waals surface area contributed by atoms with Gasteiger partial charge in [-0.15, -0.1) is 5.10 Å². The van der Waals surface area contributed by atoms with E-state index >= 15 is 0 Å². The van der Waals surface area contributed by atoms with Gasteiger partial charge in [0.2, 0.25) is 0 Å². The molecule has 20 heavy (non-hydrogen) atoms. The van der Waals surface area contributed by atoms with Crippen LogP contribution in [0.3, 0.4) is 0 Å². The van der Waals surface area contributed by atoms with Crippen molar-refractivity contribution in [2.24, 2.45) is 7.05 Å². The van der Waals surface area contributed by atoms with Crippen LogP contribution >= 0.6 is 15.9 Å². The Labute approximate surface area is 126 Å². The summed E-state index contributed by atoms with van der Waals surface area (Å²) in [5.74, 6) is 0.918. The van der Waals surface area contributed by atoms with Crippen molar-refractivity contribution in [3.8, 4) is 0 Å². The first-order valence-corrected chi connectivity index (χ1v) is 7.46. The zero-order valence-electron chi connectivity index (χ0n) is 11.4. The summed E-state index contributed by atoms with van der Waals surface area (Å²) in [7, 11) is 1.88. The lowest BCUT2D eigenvalue weighted by Gasteiger charge is -2.35. The van der Waals surface area contributed by atoms with Gasteiger partial charge >= 0.3 is 0 Å². The second-order valence-corrected chi connectivity index (χ2v) is 5.88. The van der Waals surface area contributed by atoms with Crippen LogP contribution in [0.2, 0.25) is 0 Å². The van der Waals surface area contributed by atoms with Gasteiger partial charge < -0.3 is 4.90 Å². The van der Waals surface area contributed by atoms with Gasteiger partial charge in [-0.2, -0.15) is 0 Å². The number of aromatic nitrogens is 4. The van der Waals surface area contributed by atoms with Crippen LogP contribution < -0.4 is 4.90 Å². The fourth-order valence-corrected chi connectivity index (χ4v) is 2.81. The fraction of sp³-hybridized carbons (Fsp3) is 0.462. The summed E-state index contributed by atoms with van der Waals surface area (Å²) in [6, 6.07) is 8.47. The van der Waals surface area contributed by atoms with Crippen LogP contribution in [-0.4, -0.2) is 51.3 Å². The minimum atomic E-state index is 0.815. The molecule has 0 amide bonds. The molecular weight excluding hydrogens is 320 g/mol. The molecule has 2 aromatic rings. The molecule has 1 aromatic carbocycles. The normalized spacial score (nSPS) is 16.6. The van der Waals surface area contributed by atoms with Crippen molar-refractivity contribution < 1.29 is 0 Å². The summed E-state index contributed by atoms with van der Waals surface area (Å²) < 4.78 is 2.86. The highest BCUT2D eigenvalue weighted by Gasteiger charge is 2.19. The van der Waals surface area contributed by atoms with Gasteiger partial charge in [0.25, 0.3) is 0 Å². The molecule has 0 saturated carbocycles. The molecule has 0 atom stereocenters. The predicted molar refractivity (Wildman–Crippen MR) is 80.4 cm³/mol. The van der Waals surface area contributed by atoms with Crippen LogP contribution in [0.25, 0.3) is 0 Å². The quantitative estimate of drug-likeness (QED) is 0.845. The van der Waals surface area contributed by atoms with Crippen molar-refractivity contribution in [3.05, 3.63) is 34.6 Å². The number of aryl methyl sites for hydroxylation is 1. The first-order chi connectivity index (χ1) is 9.72. The minimum absolute atomic E-state index is 0.815. The Balaban J connectivity index is 1.58. The van der Waals surface area contributed by atoms with E-state index < -0.39 is 0 Å². The molecule has 0 spiro atoms. The summed E-state index contributed by atoms with van der Waals surface area (Å²) in [4.78, 5) is 4.80. The van der Waals surface area contributed by atoms with Crippen molar-refractivity contribution in [3.63, 3.8) is 0 Å². The van der Waals surface area contributed by atoms with Crippen molar-refractivity contribution in [1.82, 2.24) is 25.1 Å². The van der Waals surface area contributed by atoms with Crippen molar-refractivity contribution in [2.75, 3.05) is 31.1 Å². The van der Waals surface area contributed by atoms with E-state index in [2.05, 4.69) is 65.5 Å². The highest BCUT2D eigenvalue weighted by atomic mass is 79.9. The van der Waals surface area contributed by atoms with Crippen LogP contribution in [0, 0.1) is 0 Å². The number of piperazine rings is 1. The number of nitrogens with zero attached hydrogens (tertiary/aromatic N) is 6. The van der Waals surface area contributed by atoms with E-state index in [4.69, 9.17) is 0 Å². The predicted octanol–water partition coefficient (Wildman–Crippen LogP) is 1.29. The second-order valence-electron chi connectivity index (χ2n) is 4.96. The maximum Gasteiger partial charge on any atom is 0.164 e. The molecule has 1 aliphatic rings. The summed E-state index contributed by atoms with van der Waals surface area (Å²) in [6.45, 7) is 4.93. The zero-order chi connectivity index (χ0) is 13.9. The minimum Gasteiger partial charge on any atom is -0.369 e. The number of benzene rings is 1. The number of anilines is 1. The molecule has 7 heteroatoms. The molecular formula is C13H17BrN6. The number of hydrogen-bond acceptors (Lipinski definition) is 5. The molecule has 0 unspecified atom stereocenters. The van der Waals surface area contributed by atoms with Crippen molar-refractivity contribution in [1.29, 1.82) is 0 Å². The Morgan fingerprint density at radius 2 is 2.00 bits per heavy atom. The van der Waals surface area contributed by atoms with E-state index in [1.54, 1.807) is 4.68 Å². The third-order valence-corrected chi connectivity index (χ3v) is 4.11. The van der Waals surface area contributed by atoms with E-state index in [1.807, 2.05) is 7.05 Å². The van der Waals surface area contributed by atoms with Gasteiger partial charge in [0.05, 0.1) is 6.54 Å². The Bertz CT molecular complexity index is 576. The molecule has 0 radical (unpaired) electrons. The monoisotopic (exact) mass is 336 g/mol. The lowest BCUT2D eigenvalue weighted by Crippen LogP contribution is -2.46. The van der Waals surface area contributed by atoms with Gasteiger partial charge in [-0.05, 0) is 28.6 Å².